The van der Waals surface area contributed by atoms with E-state index < -0.39 is 5.97 Å². The van der Waals surface area contributed by atoms with Gasteiger partial charge in [0.25, 0.3) is 5.91 Å². The van der Waals surface area contributed by atoms with Crippen molar-refractivity contribution in [1.29, 1.82) is 0 Å². The smallest absolute Gasteiger partial charge is 0.354 e. The topological polar surface area (TPSA) is 272 Å². The van der Waals surface area contributed by atoms with Gasteiger partial charge in [0.2, 0.25) is 0 Å². The first-order valence-electron chi connectivity index (χ1n) is 18.4. The van der Waals surface area contributed by atoms with Gasteiger partial charge in [0.15, 0.2) is 17.3 Å². The van der Waals surface area contributed by atoms with E-state index in [1.165, 1.54) is 6.07 Å². The number of carboxylic acid groups (broad SMARTS) is 1. The molecule has 8 aromatic rings. The van der Waals surface area contributed by atoms with Gasteiger partial charge in [0.05, 0.1) is 34.8 Å². The van der Waals surface area contributed by atoms with Crippen molar-refractivity contribution in [3.63, 3.8) is 0 Å². The fourth-order valence-electron chi connectivity index (χ4n) is 5.78. The monoisotopic (exact) mass is 794 g/mol. The minimum absolute atomic E-state index is 0.0257. The van der Waals surface area contributed by atoms with Gasteiger partial charge in [0, 0.05) is 66.4 Å². The molecule has 17 heteroatoms. The van der Waals surface area contributed by atoms with Gasteiger partial charge in [-0.3, -0.25) is 14.8 Å². The zero-order chi connectivity index (χ0) is 41.7. The average Bonchev–Trinajstić information content (AvgIpc) is 3.89. The molecule has 0 aliphatic carbocycles. The Morgan fingerprint density at radius 1 is 0.610 bits per heavy atom. The van der Waals surface area contributed by atoms with E-state index in [0.29, 0.717) is 48.2 Å². The normalized spacial score (nSPS) is 10.7. The van der Waals surface area contributed by atoms with Crippen LogP contribution in [0, 0.1) is 0 Å². The van der Waals surface area contributed by atoms with Crippen molar-refractivity contribution < 1.29 is 24.9 Å². The number of pyridine rings is 4. The summed E-state index contributed by atoms with van der Waals surface area (Å²) < 4.78 is 3.31. The molecule has 300 valence electrons. The van der Waals surface area contributed by atoms with Crippen LogP contribution in [0.2, 0.25) is 0 Å². The number of nitrogens with zero attached hydrogens (tertiary/aromatic N) is 8. The molecule has 0 radical (unpaired) electrons. The summed E-state index contributed by atoms with van der Waals surface area (Å²) in [4.78, 5) is 40.3. The van der Waals surface area contributed by atoms with Crippen molar-refractivity contribution in [3.05, 3.63) is 133 Å². The molecule has 0 saturated heterocycles. The minimum Gasteiger partial charge on any atom is -0.477 e. The zero-order valence-corrected chi connectivity index (χ0v) is 31.8. The second kappa shape index (κ2) is 19.5. The van der Waals surface area contributed by atoms with E-state index in [4.69, 9.17) is 32.5 Å². The standard InChI is InChI=1S/C21H20N6O2.C18H13N5O2.C3H9NO/c22-17-9-16(11-23-13-17)14-5-6-15-12-25-27(19(15)10-14)20-4-1-3-18(26-20)21(29)24-7-2-8-28;19-14-6-13(8-20-10-14)11-4-5-12-9-21-23(16(12)7-11)17-3-1-2-15(22-17)18(24)25;4-2-1-3-5/h1,3-6,9-13,28H,2,7-8,22H2,(H,24,29);1-10H,19H2,(H,24,25);5H,1-4H2. The number of hydrogen-bond acceptors (Lipinski definition) is 13. The van der Waals surface area contributed by atoms with E-state index in [1.807, 2.05) is 48.5 Å². The molecule has 59 heavy (non-hydrogen) atoms. The Morgan fingerprint density at radius 2 is 1.12 bits per heavy atom. The van der Waals surface area contributed by atoms with E-state index in [0.717, 1.165) is 50.5 Å². The van der Waals surface area contributed by atoms with E-state index in [-0.39, 0.29) is 24.8 Å². The predicted octanol–water partition coefficient (Wildman–Crippen LogP) is 4.27. The van der Waals surface area contributed by atoms with Crippen molar-refractivity contribution >= 4 is 45.1 Å². The first kappa shape index (κ1) is 41.0. The Labute approximate surface area is 337 Å². The number of carbonyl (C=O) groups is 2. The highest BCUT2D eigenvalue weighted by atomic mass is 16.4. The molecule has 0 aliphatic rings. The molecule has 0 fully saturated rings. The number of aromatic carboxylic acids is 1. The minimum atomic E-state index is -1.08. The fourth-order valence-corrected chi connectivity index (χ4v) is 5.78. The number of fused-ring (bicyclic) bond motifs is 2. The number of anilines is 2. The number of nitrogens with one attached hydrogen (secondary N) is 1. The summed E-state index contributed by atoms with van der Waals surface area (Å²) in [5.41, 5.74) is 23.4. The molecule has 6 aromatic heterocycles. The highest BCUT2D eigenvalue weighted by Gasteiger charge is 2.13. The van der Waals surface area contributed by atoms with Crippen LogP contribution in [0.15, 0.2) is 122 Å². The number of nitrogen functional groups attached to an aromatic ring is 2. The first-order valence-corrected chi connectivity index (χ1v) is 18.4. The van der Waals surface area contributed by atoms with Gasteiger partial charge in [-0.1, -0.05) is 36.4 Å². The lowest BCUT2D eigenvalue weighted by atomic mass is 10.1. The largest absolute Gasteiger partial charge is 0.477 e. The fraction of sp³-hybridized carbons (Fsp3) is 0.143. The van der Waals surface area contributed by atoms with Crippen molar-refractivity contribution in [2.24, 2.45) is 5.73 Å². The summed E-state index contributed by atoms with van der Waals surface area (Å²) in [6.45, 7) is 1.23. The van der Waals surface area contributed by atoms with Crippen LogP contribution >= 0.6 is 0 Å². The third-order valence-electron chi connectivity index (χ3n) is 8.66. The summed E-state index contributed by atoms with van der Waals surface area (Å²) in [6.07, 6.45) is 11.4. The molecular weight excluding hydrogens is 753 g/mol. The van der Waals surface area contributed by atoms with Gasteiger partial charge in [-0.05, 0) is 79.0 Å². The van der Waals surface area contributed by atoms with Crippen molar-refractivity contribution in [2.75, 3.05) is 37.8 Å². The zero-order valence-electron chi connectivity index (χ0n) is 31.8. The van der Waals surface area contributed by atoms with Crippen LogP contribution < -0.4 is 22.5 Å². The van der Waals surface area contributed by atoms with Crippen LogP contribution in [-0.2, 0) is 0 Å². The van der Waals surface area contributed by atoms with Crippen LogP contribution in [0.3, 0.4) is 0 Å². The number of carboxylic acids is 1. The second-order valence-electron chi connectivity index (χ2n) is 12.9. The predicted molar refractivity (Wildman–Crippen MR) is 225 cm³/mol. The van der Waals surface area contributed by atoms with Crippen molar-refractivity contribution in [1.82, 2.24) is 44.8 Å². The number of rotatable bonds is 11. The van der Waals surface area contributed by atoms with E-state index in [9.17, 15) is 9.59 Å². The quantitative estimate of drug-likeness (QED) is 0.0902. The maximum atomic E-state index is 12.3. The molecule has 0 saturated carbocycles. The average molecular weight is 795 g/mol. The molecule has 6 heterocycles. The van der Waals surface area contributed by atoms with Gasteiger partial charge in [-0.25, -0.2) is 24.1 Å². The Kier molecular flexibility index (Phi) is 13.6. The molecule has 8 rings (SSSR count). The number of benzene rings is 2. The summed E-state index contributed by atoms with van der Waals surface area (Å²) in [6, 6.07) is 25.5. The van der Waals surface area contributed by atoms with Gasteiger partial charge in [0.1, 0.15) is 5.69 Å². The molecule has 2 aromatic carbocycles. The van der Waals surface area contributed by atoms with Crippen LogP contribution in [0.5, 0.6) is 0 Å². The van der Waals surface area contributed by atoms with E-state index in [2.05, 4.69) is 35.5 Å². The van der Waals surface area contributed by atoms with Gasteiger partial charge in [-0.15, -0.1) is 0 Å². The summed E-state index contributed by atoms with van der Waals surface area (Å²) in [7, 11) is 0. The third kappa shape index (κ3) is 10.2. The van der Waals surface area contributed by atoms with E-state index >= 15 is 0 Å². The highest BCUT2D eigenvalue weighted by Crippen LogP contribution is 2.28. The van der Waals surface area contributed by atoms with Crippen molar-refractivity contribution in [2.45, 2.75) is 12.8 Å². The molecule has 10 N–H and O–H groups in total. The number of aromatic nitrogens is 8. The summed E-state index contributed by atoms with van der Waals surface area (Å²) in [5.74, 6) is -0.386. The number of nitrogens with two attached hydrogens (primary N) is 3. The van der Waals surface area contributed by atoms with Crippen LogP contribution in [0.4, 0.5) is 11.4 Å². The number of aliphatic hydroxyl groups is 2. The lowest BCUT2D eigenvalue weighted by Crippen LogP contribution is -2.26. The van der Waals surface area contributed by atoms with Gasteiger partial charge in [-0.2, -0.15) is 10.2 Å². The number of hydrogen-bond donors (Lipinski definition) is 7. The van der Waals surface area contributed by atoms with Gasteiger partial charge >= 0.3 is 5.97 Å². The summed E-state index contributed by atoms with van der Waals surface area (Å²) in [5, 5.41) is 39.4. The number of carbonyl (C=O) groups excluding carboxylic acids is 1. The second-order valence-corrected chi connectivity index (χ2v) is 12.9. The van der Waals surface area contributed by atoms with E-state index in [1.54, 1.807) is 76.9 Å². The van der Waals surface area contributed by atoms with Gasteiger partial charge < -0.3 is 37.8 Å². The SMILES string of the molecule is NCCCO.Nc1cncc(-c2ccc3cnn(-c4cccc(C(=O)NCCCO)n4)c3c2)c1.Nc1cncc(-c2ccc3cnn(-c4cccc(C(=O)O)n4)c3c2)c1. The van der Waals surface area contributed by atoms with Crippen molar-refractivity contribution in [3.8, 4) is 33.9 Å². The lowest BCUT2D eigenvalue weighted by molar-refractivity contribution is 0.0690. The highest BCUT2D eigenvalue weighted by molar-refractivity contribution is 5.93. The molecular formula is C42H42N12O5. The Hall–Kier alpha value is -7.60. The van der Waals surface area contributed by atoms with Crippen LogP contribution in [0.25, 0.3) is 55.7 Å². The molecule has 1 amide bonds. The molecule has 0 bridgehead atoms. The first-order chi connectivity index (χ1) is 28.7. The molecule has 0 atom stereocenters. The lowest BCUT2D eigenvalue weighted by Gasteiger charge is -2.08. The molecule has 0 unspecified atom stereocenters. The third-order valence-corrected chi connectivity index (χ3v) is 8.66. The molecule has 0 aliphatic heterocycles. The number of aliphatic hydroxyl groups excluding tert-OH is 2. The number of amides is 1. The Bertz CT molecular complexity index is 2700. The van der Waals surface area contributed by atoms with Crippen LogP contribution in [0.1, 0.15) is 33.8 Å². The van der Waals surface area contributed by atoms with Crippen LogP contribution in [-0.4, -0.2) is 93.0 Å². The maximum Gasteiger partial charge on any atom is 0.354 e. The molecule has 17 nitrogen and oxygen atoms in total. The Balaban J connectivity index is 0.000000180. The maximum absolute atomic E-state index is 12.3. The summed E-state index contributed by atoms with van der Waals surface area (Å²) >= 11 is 0. The Morgan fingerprint density at radius 3 is 1.58 bits per heavy atom. The molecule has 0 spiro atoms.